The van der Waals surface area contributed by atoms with Crippen molar-refractivity contribution in [1.29, 1.82) is 0 Å². The van der Waals surface area contributed by atoms with Crippen molar-refractivity contribution in [3.05, 3.63) is 89.1 Å². The molecule has 0 spiro atoms. The lowest BCUT2D eigenvalue weighted by Gasteiger charge is -2.17. The molecule has 0 saturated heterocycles. The van der Waals surface area contributed by atoms with E-state index in [0.29, 0.717) is 28.5 Å². The van der Waals surface area contributed by atoms with Crippen LogP contribution in [0.25, 0.3) is 22.3 Å². The number of nitrogens with zero attached hydrogens (tertiary/aromatic N) is 2. The zero-order chi connectivity index (χ0) is 29.2. The number of carbonyl (C=O) groups excluding carboxylic acids is 3. The van der Waals surface area contributed by atoms with E-state index in [1.54, 1.807) is 38.1 Å². The number of benzene rings is 3. The maximum Gasteiger partial charge on any atom is 0.328 e. The number of nitrogens with one attached hydrogen (secondary N) is 2. The lowest BCUT2D eigenvalue weighted by molar-refractivity contribution is -0.146. The molecule has 10 heteroatoms. The molecule has 212 valence electrons. The van der Waals surface area contributed by atoms with E-state index in [-0.39, 0.29) is 26.1 Å². The predicted molar refractivity (Wildman–Crippen MR) is 158 cm³/mol. The molecule has 0 aliphatic rings. The third-order valence-corrected chi connectivity index (χ3v) is 6.46. The third-order valence-electron chi connectivity index (χ3n) is 6.20. The monoisotopic (exact) mass is 574 g/mol. The van der Waals surface area contributed by atoms with Gasteiger partial charge in [0.25, 0.3) is 5.91 Å². The van der Waals surface area contributed by atoms with E-state index in [0.717, 1.165) is 22.3 Å². The van der Waals surface area contributed by atoms with Crippen LogP contribution in [0.3, 0.4) is 0 Å². The molecule has 0 bridgehead atoms. The summed E-state index contributed by atoms with van der Waals surface area (Å²) in [6.45, 7) is 4.30. The summed E-state index contributed by atoms with van der Waals surface area (Å²) in [4.78, 5) is 46.1. The van der Waals surface area contributed by atoms with Gasteiger partial charge in [-0.25, -0.2) is 14.8 Å². The van der Waals surface area contributed by atoms with Crippen molar-refractivity contribution in [2.45, 2.75) is 39.3 Å². The van der Waals surface area contributed by atoms with Crippen LogP contribution in [0.15, 0.2) is 72.8 Å². The van der Waals surface area contributed by atoms with Crippen LogP contribution >= 0.6 is 11.6 Å². The minimum absolute atomic E-state index is 0.0127. The molecule has 1 aromatic heterocycles. The van der Waals surface area contributed by atoms with Crippen molar-refractivity contribution in [1.82, 2.24) is 15.3 Å². The van der Waals surface area contributed by atoms with Gasteiger partial charge in [-0.3, -0.25) is 9.59 Å². The summed E-state index contributed by atoms with van der Waals surface area (Å²) in [5.74, 6) is -1.48. The number of hydrogen-bond donors (Lipinski definition) is 2. The lowest BCUT2D eigenvalue weighted by Crippen LogP contribution is -2.42. The number of anilines is 1. The molecule has 3 aromatic carbocycles. The summed E-state index contributed by atoms with van der Waals surface area (Å²) in [6.07, 6.45) is 0.0686. The molecule has 0 fully saturated rings. The second-order valence-electron chi connectivity index (χ2n) is 9.10. The standard InChI is InChI=1S/C31H31ClN4O5/c1-3-40-27(37)17-16-25(31(39)41-4-2)36-30(38)22-11-13-23(14-12-22)33-19-20-10-15-24-26(18-20)35-29(32)28(34-24)21-8-6-5-7-9-21/h5-15,18,25,33H,3-4,16-17,19H2,1-2H3,(H,36,38)/t25-/m0/s1. The molecule has 1 atom stereocenters. The van der Waals surface area contributed by atoms with Gasteiger partial charge < -0.3 is 20.1 Å². The van der Waals surface area contributed by atoms with E-state index in [1.807, 2.05) is 48.5 Å². The molecule has 0 saturated carbocycles. The highest BCUT2D eigenvalue weighted by atomic mass is 35.5. The molecule has 1 heterocycles. The van der Waals surface area contributed by atoms with Crippen LogP contribution in [0.1, 0.15) is 42.6 Å². The van der Waals surface area contributed by atoms with Gasteiger partial charge in [-0.15, -0.1) is 0 Å². The largest absolute Gasteiger partial charge is 0.466 e. The Morgan fingerprint density at radius 2 is 1.61 bits per heavy atom. The van der Waals surface area contributed by atoms with Crippen molar-refractivity contribution in [2.24, 2.45) is 0 Å². The van der Waals surface area contributed by atoms with E-state index in [2.05, 4.69) is 15.6 Å². The number of fused-ring (bicyclic) bond motifs is 1. The molecular formula is C31H31ClN4O5. The van der Waals surface area contributed by atoms with Gasteiger partial charge in [0.2, 0.25) is 0 Å². The SMILES string of the molecule is CCOC(=O)CC[C@H](NC(=O)c1ccc(NCc2ccc3nc(-c4ccccc4)c(Cl)nc3c2)cc1)C(=O)OCC. The quantitative estimate of drug-likeness (QED) is 0.211. The number of esters is 2. The molecular weight excluding hydrogens is 544 g/mol. The number of amides is 1. The lowest BCUT2D eigenvalue weighted by atomic mass is 10.1. The first-order chi connectivity index (χ1) is 19.9. The normalized spacial score (nSPS) is 11.5. The molecule has 4 aromatic rings. The molecule has 0 unspecified atom stereocenters. The first-order valence-electron chi connectivity index (χ1n) is 13.4. The Bertz CT molecular complexity index is 1510. The highest BCUT2D eigenvalue weighted by Gasteiger charge is 2.24. The molecule has 0 aliphatic carbocycles. The van der Waals surface area contributed by atoms with Crippen LogP contribution < -0.4 is 10.6 Å². The Balaban J connectivity index is 1.37. The van der Waals surface area contributed by atoms with E-state index >= 15 is 0 Å². The highest BCUT2D eigenvalue weighted by Crippen LogP contribution is 2.27. The van der Waals surface area contributed by atoms with Gasteiger partial charge in [-0.2, -0.15) is 0 Å². The highest BCUT2D eigenvalue weighted by molar-refractivity contribution is 6.32. The Kier molecular flexibility index (Phi) is 10.2. The third kappa shape index (κ3) is 8.02. The summed E-state index contributed by atoms with van der Waals surface area (Å²) in [5, 5.41) is 6.33. The zero-order valence-corrected chi connectivity index (χ0v) is 23.6. The average molecular weight is 575 g/mol. The van der Waals surface area contributed by atoms with Crippen LogP contribution in [0.4, 0.5) is 5.69 Å². The Labute approximate surface area is 243 Å². The Hall–Kier alpha value is -4.50. The van der Waals surface area contributed by atoms with Crippen molar-refractivity contribution < 1.29 is 23.9 Å². The van der Waals surface area contributed by atoms with E-state index in [9.17, 15) is 14.4 Å². The molecule has 1 amide bonds. The first-order valence-corrected chi connectivity index (χ1v) is 13.7. The summed E-state index contributed by atoms with van der Waals surface area (Å²) < 4.78 is 9.97. The van der Waals surface area contributed by atoms with E-state index < -0.39 is 23.9 Å². The number of halogens is 1. The fourth-order valence-electron chi connectivity index (χ4n) is 4.14. The first kappa shape index (κ1) is 29.5. The van der Waals surface area contributed by atoms with Crippen LogP contribution in [0.2, 0.25) is 5.15 Å². The molecule has 0 aliphatic heterocycles. The van der Waals surface area contributed by atoms with Crippen molar-refractivity contribution >= 4 is 46.2 Å². The number of aromatic nitrogens is 2. The van der Waals surface area contributed by atoms with Crippen molar-refractivity contribution in [3.63, 3.8) is 0 Å². The molecule has 0 radical (unpaired) electrons. The second-order valence-corrected chi connectivity index (χ2v) is 9.46. The molecule has 9 nitrogen and oxygen atoms in total. The second kappa shape index (κ2) is 14.2. The van der Waals surface area contributed by atoms with Crippen LogP contribution in [0, 0.1) is 0 Å². The number of ether oxygens (including phenoxy) is 2. The smallest absolute Gasteiger partial charge is 0.328 e. The van der Waals surface area contributed by atoms with Gasteiger partial charge in [-0.05, 0) is 62.2 Å². The summed E-state index contributed by atoms with van der Waals surface area (Å²) in [7, 11) is 0. The van der Waals surface area contributed by atoms with Gasteiger partial charge in [0.05, 0.1) is 24.2 Å². The minimum Gasteiger partial charge on any atom is -0.466 e. The summed E-state index contributed by atoms with van der Waals surface area (Å²) in [5.41, 5.74) is 5.14. The summed E-state index contributed by atoms with van der Waals surface area (Å²) >= 11 is 6.44. The maximum absolute atomic E-state index is 12.8. The number of rotatable bonds is 12. The van der Waals surface area contributed by atoms with Gasteiger partial charge in [0, 0.05) is 29.8 Å². The topological polar surface area (TPSA) is 120 Å². The van der Waals surface area contributed by atoms with Crippen molar-refractivity contribution in [3.8, 4) is 11.3 Å². The maximum atomic E-state index is 12.8. The molecule has 4 rings (SSSR count). The van der Waals surface area contributed by atoms with Gasteiger partial charge in [0.1, 0.15) is 11.7 Å². The molecule has 2 N–H and O–H groups in total. The predicted octanol–water partition coefficient (Wildman–Crippen LogP) is 5.57. The fourth-order valence-corrected chi connectivity index (χ4v) is 4.38. The average Bonchev–Trinajstić information content (AvgIpc) is 2.98. The fraction of sp³-hybridized carbons (Fsp3) is 0.258. The van der Waals surface area contributed by atoms with Crippen LogP contribution in [0.5, 0.6) is 0 Å². The van der Waals surface area contributed by atoms with Gasteiger partial charge >= 0.3 is 11.9 Å². The Morgan fingerprint density at radius 3 is 2.32 bits per heavy atom. The van der Waals surface area contributed by atoms with Crippen LogP contribution in [-0.4, -0.2) is 47.1 Å². The minimum atomic E-state index is -0.960. The number of carbonyl (C=O) groups is 3. The summed E-state index contributed by atoms with van der Waals surface area (Å²) in [6, 6.07) is 21.4. The Morgan fingerprint density at radius 1 is 0.878 bits per heavy atom. The van der Waals surface area contributed by atoms with E-state index in [4.69, 9.17) is 26.1 Å². The molecule has 41 heavy (non-hydrogen) atoms. The van der Waals surface area contributed by atoms with Crippen LogP contribution in [-0.2, 0) is 25.6 Å². The zero-order valence-electron chi connectivity index (χ0n) is 22.9. The van der Waals surface area contributed by atoms with Crippen molar-refractivity contribution in [2.75, 3.05) is 18.5 Å². The van der Waals surface area contributed by atoms with E-state index in [1.165, 1.54) is 0 Å². The van der Waals surface area contributed by atoms with Gasteiger partial charge in [0.15, 0.2) is 5.15 Å². The number of hydrogen-bond acceptors (Lipinski definition) is 8. The van der Waals surface area contributed by atoms with Gasteiger partial charge in [-0.1, -0.05) is 48.0 Å².